The fourth-order valence-corrected chi connectivity index (χ4v) is 2.45. The number of aryl methyl sites for hydroxylation is 2. The van der Waals surface area contributed by atoms with E-state index in [1.807, 2.05) is 32.0 Å². The van der Waals surface area contributed by atoms with Crippen LogP contribution < -0.4 is 10.1 Å². The minimum atomic E-state index is -4.40. The van der Waals surface area contributed by atoms with Crippen LogP contribution in [0, 0.1) is 13.8 Å². The Morgan fingerprint density at radius 3 is 2.36 bits per heavy atom. The summed E-state index contributed by atoms with van der Waals surface area (Å²) in [7, 11) is 0. The van der Waals surface area contributed by atoms with E-state index in [9.17, 15) is 18.0 Å². The Morgan fingerprint density at radius 2 is 1.76 bits per heavy atom. The first kappa shape index (κ1) is 18.8. The molecule has 2 aromatic carbocycles. The number of carbonyl (C=O) groups is 1. The molecule has 25 heavy (non-hydrogen) atoms. The third-order valence-electron chi connectivity index (χ3n) is 3.60. The van der Waals surface area contributed by atoms with Gasteiger partial charge < -0.3 is 10.1 Å². The highest BCUT2D eigenvalue weighted by Gasteiger charge is 2.30. The molecular weight excluding hydrogens is 331 g/mol. The van der Waals surface area contributed by atoms with Gasteiger partial charge in [0.05, 0.1) is 5.56 Å². The summed E-state index contributed by atoms with van der Waals surface area (Å²) >= 11 is 0. The highest BCUT2D eigenvalue weighted by Crippen LogP contribution is 2.29. The van der Waals surface area contributed by atoms with Gasteiger partial charge in [-0.1, -0.05) is 18.2 Å². The van der Waals surface area contributed by atoms with Gasteiger partial charge in [0, 0.05) is 6.54 Å². The third-order valence-corrected chi connectivity index (χ3v) is 3.60. The predicted molar refractivity (Wildman–Crippen MR) is 89.3 cm³/mol. The van der Waals surface area contributed by atoms with Crippen LogP contribution in [0.15, 0.2) is 42.5 Å². The molecule has 3 nitrogen and oxygen atoms in total. The fourth-order valence-electron chi connectivity index (χ4n) is 2.45. The largest absolute Gasteiger partial charge is 0.481 e. The van der Waals surface area contributed by atoms with Crippen LogP contribution in [0.1, 0.15) is 29.2 Å². The minimum Gasteiger partial charge on any atom is -0.481 e. The van der Waals surface area contributed by atoms with Gasteiger partial charge in [-0.15, -0.1) is 0 Å². The average molecular weight is 351 g/mol. The van der Waals surface area contributed by atoms with Crippen LogP contribution in [0.3, 0.4) is 0 Å². The molecule has 1 atom stereocenters. The van der Waals surface area contributed by atoms with Crippen molar-refractivity contribution in [2.45, 2.75) is 39.6 Å². The molecule has 134 valence electrons. The first-order valence-corrected chi connectivity index (χ1v) is 7.84. The van der Waals surface area contributed by atoms with E-state index in [0.29, 0.717) is 11.3 Å². The summed E-state index contributed by atoms with van der Waals surface area (Å²) in [5.74, 6) is 0.191. The van der Waals surface area contributed by atoms with E-state index in [1.54, 1.807) is 6.92 Å². The molecule has 1 amide bonds. The Bertz CT molecular complexity index is 736. The Labute approximate surface area is 144 Å². The van der Waals surface area contributed by atoms with Crippen molar-refractivity contribution in [2.75, 3.05) is 0 Å². The van der Waals surface area contributed by atoms with Crippen LogP contribution in [0.2, 0.25) is 0 Å². The van der Waals surface area contributed by atoms with Gasteiger partial charge in [0.1, 0.15) is 5.75 Å². The summed E-state index contributed by atoms with van der Waals surface area (Å²) < 4.78 is 43.7. The number of halogens is 3. The van der Waals surface area contributed by atoms with Crippen molar-refractivity contribution in [3.8, 4) is 5.75 Å². The molecule has 0 aliphatic carbocycles. The molecule has 1 N–H and O–H groups in total. The van der Waals surface area contributed by atoms with E-state index in [-0.39, 0.29) is 6.54 Å². The van der Waals surface area contributed by atoms with Crippen molar-refractivity contribution >= 4 is 5.91 Å². The van der Waals surface area contributed by atoms with E-state index in [1.165, 1.54) is 12.1 Å². The molecule has 0 saturated carbocycles. The second kappa shape index (κ2) is 7.59. The van der Waals surface area contributed by atoms with Crippen molar-refractivity contribution in [2.24, 2.45) is 0 Å². The molecule has 1 unspecified atom stereocenters. The minimum absolute atomic E-state index is 0.00327. The molecular formula is C19H20F3NO2. The van der Waals surface area contributed by atoms with Crippen LogP contribution in [0.5, 0.6) is 5.75 Å². The van der Waals surface area contributed by atoms with Crippen LogP contribution in [-0.2, 0) is 17.5 Å². The standard InChI is InChI=1S/C19H20F3NO2/c1-12-7-13(2)9-17(8-12)25-14(3)18(24)23-11-15-5-4-6-16(10-15)19(20,21)22/h4-10,14H,11H2,1-3H3,(H,23,24). The number of ether oxygens (including phenoxy) is 1. The van der Waals surface area contributed by atoms with E-state index < -0.39 is 23.8 Å². The van der Waals surface area contributed by atoms with E-state index in [2.05, 4.69) is 5.32 Å². The lowest BCUT2D eigenvalue weighted by atomic mass is 10.1. The molecule has 0 radical (unpaired) electrons. The second-order valence-corrected chi connectivity index (χ2v) is 6.00. The monoisotopic (exact) mass is 351 g/mol. The summed E-state index contributed by atoms with van der Waals surface area (Å²) in [4.78, 5) is 12.1. The highest BCUT2D eigenvalue weighted by molar-refractivity contribution is 5.80. The number of hydrogen-bond acceptors (Lipinski definition) is 2. The van der Waals surface area contributed by atoms with Crippen LogP contribution in [0.25, 0.3) is 0 Å². The van der Waals surface area contributed by atoms with Crippen LogP contribution >= 0.6 is 0 Å². The smallest absolute Gasteiger partial charge is 0.416 e. The summed E-state index contributed by atoms with van der Waals surface area (Å²) in [6.07, 6.45) is -5.16. The maximum Gasteiger partial charge on any atom is 0.416 e. The molecule has 0 aliphatic heterocycles. The van der Waals surface area contributed by atoms with Gasteiger partial charge in [0.25, 0.3) is 5.91 Å². The highest BCUT2D eigenvalue weighted by atomic mass is 19.4. The maximum absolute atomic E-state index is 12.7. The van der Waals surface area contributed by atoms with E-state index in [0.717, 1.165) is 23.3 Å². The average Bonchev–Trinajstić information content (AvgIpc) is 2.51. The zero-order valence-corrected chi connectivity index (χ0v) is 14.3. The van der Waals surface area contributed by atoms with Gasteiger partial charge in [-0.2, -0.15) is 13.2 Å². The zero-order valence-electron chi connectivity index (χ0n) is 14.3. The van der Waals surface area contributed by atoms with Crippen molar-refractivity contribution in [3.05, 3.63) is 64.7 Å². The first-order valence-electron chi connectivity index (χ1n) is 7.84. The normalized spacial score (nSPS) is 12.6. The van der Waals surface area contributed by atoms with E-state index >= 15 is 0 Å². The SMILES string of the molecule is Cc1cc(C)cc(OC(C)C(=O)NCc2cccc(C(F)(F)F)c2)c1. The van der Waals surface area contributed by atoms with Crippen LogP contribution in [0.4, 0.5) is 13.2 Å². The van der Waals surface area contributed by atoms with Gasteiger partial charge in [-0.05, 0) is 61.7 Å². The maximum atomic E-state index is 12.7. The van der Waals surface area contributed by atoms with Gasteiger partial charge in [-0.25, -0.2) is 0 Å². The molecule has 0 aromatic heterocycles. The topological polar surface area (TPSA) is 38.3 Å². The molecule has 2 aromatic rings. The zero-order chi connectivity index (χ0) is 18.6. The van der Waals surface area contributed by atoms with Gasteiger partial charge in [-0.3, -0.25) is 4.79 Å². The third kappa shape index (κ3) is 5.52. The number of alkyl halides is 3. The Balaban J connectivity index is 1.95. The molecule has 0 spiro atoms. The van der Waals surface area contributed by atoms with Gasteiger partial charge in [0.2, 0.25) is 0 Å². The number of rotatable bonds is 5. The number of benzene rings is 2. The first-order chi connectivity index (χ1) is 11.6. The summed E-state index contributed by atoms with van der Waals surface area (Å²) in [6.45, 7) is 5.46. The van der Waals surface area contributed by atoms with Crippen molar-refractivity contribution in [3.63, 3.8) is 0 Å². The molecule has 0 heterocycles. The van der Waals surface area contributed by atoms with Gasteiger partial charge in [0.15, 0.2) is 6.10 Å². The van der Waals surface area contributed by atoms with E-state index in [4.69, 9.17) is 4.74 Å². The molecule has 0 saturated heterocycles. The van der Waals surface area contributed by atoms with Crippen LogP contribution in [-0.4, -0.2) is 12.0 Å². The lowest BCUT2D eigenvalue weighted by molar-refractivity contribution is -0.137. The lowest BCUT2D eigenvalue weighted by Crippen LogP contribution is -2.36. The molecule has 6 heteroatoms. The lowest BCUT2D eigenvalue weighted by Gasteiger charge is -2.16. The second-order valence-electron chi connectivity index (χ2n) is 6.00. The number of carbonyl (C=O) groups excluding carboxylic acids is 1. The quantitative estimate of drug-likeness (QED) is 0.867. The summed E-state index contributed by atoms with van der Waals surface area (Å²) in [5, 5.41) is 2.60. The number of nitrogens with one attached hydrogen (secondary N) is 1. The van der Waals surface area contributed by atoms with Crippen molar-refractivity contribution < 1.29 is 22.7 Å². The molecule has 0 fully saturated rings. The molecule has 0 aliphatic rings. The Hall–Kier alpha value is -2.50. The molecule has 0 bridgehead atoms. The Morgan fingerprint density at radius 1 is 1.12 bits per heavy atom. The fraction of sp³-hybridized carbons (Fsp3) is 0.316. The summed E-state index contributed by atoms with van der Waals surface area (Å²) in [6, 6.07) is 10.5. The van der Waals surface area contributed by atoms with Crippen molar-refractivity contribution in [1.29, 1.82) is 0 Å². The Kier molecular flexibility index (Phi) is 5.72. The summed E-state index contributed by atoms with van der Waals surface area (Å²) in [5.41, 5.74) is 1.68. The number of amides is 1. The predicted octanol–water partition coefficient (Wildman–Crippen LogP) is 4.41. The molecule has 2 rings (SSSR count). The van der Waals surface area contributed by atoms with Crippen molar-refractivity contribution in [1.82, 2.24) is 5.32 Å². The number of hydrogen-bond donors (Lipinski definition) is 1. The van der Waals surface area contributed by atoms with Gasteiger partial charge >= 0.3 is 6.18 Å².